The molecule has 1 saturated carbocycles. The van der Waals surface area contributed by atoms with E-state index in [2.05, 4.69) is 10.3 Å². The van der Waals surface area contributed by atoms with E-state index in [1.165, 1.54) is 0 Å². The van der Waals surface area contributed by atoms with E-state index in [0.29, 0.717) is 5.56 Å². The average molecular weight is 325 g/mol. The molecule has 4 rings (SSSR count). The molecule has 6 nitrogen and oxygen atoms in total. The summed E-state index contributed by atoms with van der Waals surface area (Å²) >= 11 is 0. The van der Waals surface area contributed by atoms with Gasteiger partial charge in [-0.15, -0.1) is 0 Å². The van der Waals surface area contributed by atoms with Crippen LogP contribution >= 0.6 is 0 Å². The third-order valence-electron chi connectivity index (χ3n) is 5.17. The number of Topliss-reactive ketones (excluding diaryl/α,β-unsaturated/α-hetero) is 1. The van der Waals surface area contributed by atoms with Gasteiger partial charge in [-0.25, -0.2) is 4.79 Å². The number of aromatic nitrogens is 1. The lowest BCUT2D eigenvalue weighted by molar-refractivity contribution is -0.131. The minimum absolute atomic E-state index is 0.184. The van der Waals surface area contributed by atoms with Gasteiger partial charge in [0.2, 0.25) is 0 Å². The van der Waals surface area contributed by atoms with Crippen LogP contribution in [0.2, 0.25) is 0 Å². The Morgan fingerprint density at radius 1 is 1.29 bits per heavy atom. The number of imide groups is 1. The number of benzene rings is 1. The van der Waals surface area contributed by atoms with Crippen LogP contribution in [-0.4, -0.2) is 39.7 Å². The van der Waals surface area contributed by atoms with E-state index in [9.17, 15) is 14.4 Å². The largest absolute Gasteiger partial charge is 0.358 e. The second-order valence-corrected chi connectivity index (χ2v) is 6.89. The number of amides is 3. The van der Waals surface area contributed by atoms with Crippen LogP contribution in [0.4, 0.5) is 4.79 Å². The molecule has 0 spiro atoms. The Bertz CT molecular complexity index is 881. The molecule has 0 bridgehead atoms. The van der Waals surface area contributed by atoms with Crippen LogP contribution in [0.3, 0.4) is 0 Å². The summed E-state index contributed by atoms with van der Waals surface area (Å²) in [7, 11) is 0. The number of H-pyrrole nitrogens is 1. The molecule has 24 heavy (non-hydrogen) atoms. The van der Waals surface area contributed by atoms with Gasteiger partial charge in [0.1, 0.15) is 5.54 Å². The minimum atomic E-state index is -0.855. The molecule has 1 aromatic carbocycles. The maximum Gasteiger partial charge on any atom is 0.325 e. The molecule has 6 heteroatoms. The summed E-state index contributed by atoms with van der Waals surface area (Å²) in [6, 6.07) is 7.05. The van der Waals surface area contributed by atoms with E-state index in [1.54, 1.807) is 6.92 Å². The lowest BCUT2D eigenvalue weighted by Crippen LogP contribution is -2.46. The third-order valence-corrected chi connectivity index (χ3v) is 5.17. The van der Waals surface area contributed by atoms with Crippen molar-refractivity contribution in [3.63, 3.8) is 0 Å². The number of nitrogens with zero attached hydrogens (tertiary/aromatic N) is 1. The summed E-state index contributed by atoms with van der Waals surface area (Å²) in [5.74, 6) is -0.335. The first-order valence-electron chi connectivity index (χ1n) is 8.16. The molecule has 2 N–H and O–H groups in total. The summed E-state index contributed by atoms with van der Waals surface area (Å²) < 4.78 is 0. The maximum atomic E-state index is 12.8. The highest BCUT2D eigenvalue weighted by Crippen LogP contribution is 2.42. The van der Waals surface area contributed by atoms with Crippen molar-refractivity contribution in [3.05, 3.63) is 35.5 Å². The summed E-state index contributed by atoms with van der Waals surface area (Å²) in [6.45, 7) is 3.36. The standard InChI is InChI=1S/C18H19N3O3/c1-10-15(12-5-3-4-6-13(12)19-10)14(22)9-21-16(23)18(2,11-7-8-11)20-17(21)24/h3-6,11,19H,7-9H2,1-2H3,(H,20,24)/t18-/m0/s1. The van der Waals surface area contributed by atoms with E-state index in [-0.39, 0.29) is 24.2 Å². The normalized spacial score (nSPS) is 23.8. The van der Waals surface area contributed by atoms with Crippen molar-refractivity contribution in [2.24, 2.45) is 5.92 Å². The number of fused-ring (bicyclic) bond motifs is 1. The first-order chi connectivity index (χ1) is 11.4. The van der Waals surface area contributed by atoms with Crippen LogP contribution in [0.25, 0.3) is 10.9 Å². The summed E-state index contributed by atoms with van der Waals surface area (Å²) in [4.78, 5) is 41.9. The lowest BCUT2D eigenvalue weighted by atomic mass is 9.96. The van der Waals surface area contributed by atoms with Crippen molar-refractivity contribution in [2.45, 2.75) is 32.2 Å². The molecule has 1 aliphatic carbocycles. The lowest BCUT2D eigenvalue weighted by Gasteiger charge is -2.20. The van der Waals surface area contributed by atoms with Gasteiger partial charge in [-0.05, 0) is 38.7 Å². The minimum Gasteiger partial charge on any atom is -0.358 e. The molecule has 2 aromatic rings. The summed E-state index contributed by atoms with van der Waals surface area (Å²) in [6.07, 6.45) is 1.87. The van der Waals surface area contributed by atoms with E-state index in [0.717, 1.165) is 34.3 Å². The van der Waals surface area contributed by atoms with Crippen molar-refractivity contribution in [2.75, 3.05) is 6.54 Å². The molecule has 1 saturated heterocycles. The topological polar surface area (TPSA) is 82.3 Å². The number of ketones is 1. The zero-order valence-electron chi connectivity index (χ0n) is 13.7. The van der Waals surface area contributed by atoms with E-state index < -0.39 is 11.6 Å². The molecule has 2 heterocycles. The fraction of sp³-hybridized carbons (Fsp3) is 0.389. The average Bonchev–Trinajstić information content (AvgIpc) is 3.30. The van der Waals surface area contributed by atoms with E-state index in [1.807, 2.05) is 31.2 Å². The van der Waals surface area contributed by atoms with Gasteiger partial charge in [0.05, 0.1) is 6.54 Å². The molecule has 1 aliphatic heterocycles. The van der Waals surface area contributed by atoms with Crippen molar-refractivity contribution >= 4 is 28.6 Å². The van der Waals surface area contributed by atoms with Crippen LogP contribution in [0.15, 0.2) is 24.3 Å². The highest BCUT2D eigenvalue weighted by molar-refractivity contribution is 6.15. The SMILES string of the molecule is Cc1[nH]c2ccccc2c1C(=O)CN1C(=O)N[C@@](C)(C2CC2)C1=O. The highest BCUT2D eigenvalue weighted by Gasteiger charge is 2.56. The van der Waals surface area contributed by atoms with Gasteiger partial charge < -0.3 is 10.3 Å². The Morgan fingerprint density at radius 2 is 2.00 bits per heavy atom. The smallest absolute Gasteiger partial charge is 0.325 e. The Balaban J connectivity index is 1.63. The van der Waals surface area contributed by atoms with Gasteiger partial charge in [-0.1, -0.05) is 18.2 Å². The van der Waals surface area contributed by atoms with E-state index in [4.69, 9.17) is 0 Å². The zero-order chi connectivity index (χ0) is 17.1. The molecule has 1 aromatic heterocycles. The van der Waals surface area contributed by atoms with Crippen molar-refractivity contribution in [3.8, 4) is 0 Å². The molecule has 0 unspecified atom stereocenters. The van der Waals surface area contributed by atoms with Gasteiger partial charge in [0.15, 0.2) is 5.78 Å². The number of aryl methyl sites for hydroxylation is 1. The molecule has 0 radical (unpaired) electrons. The van der Waals surface area contributed by atoms with Gasteiger partial charge in [-0.3, -0.25) is 14.5 Å². The van der Waals surface area contributed by atoms with Gasteiger partial charge in [-0.2, -0.15) is 0 Å². The second kappa shape index (κ2) is 4.93. The molecule has 3 amide bonds. The van der Waals surface area contributed by atoms with Crippen molar-refractivity contribution < 1.29 is 14.4 Å². The number of carbonyl (C=O) groups is 3. The summed E-state index contributed by atoms with van der Waals surface area (Å²) in [5.41, 5.74) is 1.31. The van der Waals surface area contributed by atoms with Crippen molar-refractivity contribution in [1.82, 2.24) is 15.2 Å². The first kappa shape index (κ1) is 14.9. The maximum absolute atomic E-state index is 12.8. The number of urea groups is 1. The van der Waals surface area contributed by atoms with Crippen LogP contribution < -0.4 is 5.32 Å². The fourth-order valence-electron chi connectivity index (χ4n) is 3.66. The fourth-order valence-corrected chi connectivity index (χ4v) is 3.66. The van der Waals surface area contributed by atoms with Gasteiger partial charge in [0.25, 0.3) is 5.91 Å². The zero-order valence-corrected chi connectivity index (χ0v) is 13.7. The van der Waals surface area contributed by atoms with Crippen LogP contribution in [0.5, 0.6) is 0 Å². The molecular weight excluding hydrogens is 306 g/mol. The molecule has 2 fully saturated rings. The molecule has 124 valence electrons. The Hall–Kier alpha value is -2.63. The highest BCUT2D eigenvalue weighted by atomic mass is 16.2. The monoisotopic (exact) mass is 325 g/mol. The number of hydrogen-bond acceptors (Lipinski definition) is 3. The third kappa shape index (κ3) is 2.06. The molecule has 2 aliphatic rings. The number of hydrogen-bond donors (Lipinski definition) is 2. The predicted molar refractivity (Wildman–Crippen MR) is 88.7 cm³/mol. The molecule has 1 atom stereocenters. The van der Waals surface area contributed by atoms with Crippen LogP contribution in [0, 0.1) is 12.8 Å². The second-order valence-electron chi connectivity index (χ2n) is 6.89. The Kier molecular flexibility index (Phi) is 3.07. The Labute approximate surface area is 139 Å². The number of rotatable bonds is 4. The Morgan fingerprint density at radius 3 is 2.71 bits per heavy atom. The quantitative estimate of drug-likeness (QED) is 0.669. The van der Waals surface area contributed by atoms with Crippen LogP contribution in [-0.2, 0) is 4.79 Å². The first-order valence-corrected chi connectivity index (χ1v) is 8.16. The summed E-state index contributed by atoms with van der Waals surface area (Å²) in [5, 5.41) is 3.59. The number of para-hydroxylation sites is 1. The number of carbonyl (C=O) groups excluding carboxylic acids is 3. The predicted octanol–water partition coefficient (Wildman–Crippen LogP) is 2.38. The van der Waals surface area contributed by atoms with E-state index >= 15 is 0 Å². The number of aromatic amines is 1. The van der Waals surface area contributed by atoms with Crippen molar-refractivity contribution in [1.29, 1.82) is 0 Å². The number of nitrogens with one attached hydrogen (secondary N) is 2. The molecular formula is C18H19N3O3. The van der Waals surface area contributed by atoms with Crippen LogP contribution in [0.1, 0.15) is 35.8 Å². The van der Waals surface area contributed by atoms with Gasteiger partial charge >= 0.3 is 6.03 Å². The van der Waals surface area contributed by atoms with Gasteiger partial charge in [0, 0.05) is 22.2 Å².